The first kappa shape index (κ1) is 16.0. The molecule has 0 radical (unpaired) electrons. The smallest absolute Gasteiger partial charge is 0.269 e. The maximum atomic E-state index is 12.6. The van der Waals surface area contributed by atoms with Gasteiger partial charge in [0.1, 0.15) is 5.03 Å². The largest absolute Gasteiger partial charge is 0.273 e. The number of halogens is 3. The van der Waals surface area contributed by atoms with E-state index < -0.39 is 11.8 Å². The normalized spacial score (nSPS) is 14.8. The molecule has 0 spiro atoms. The molecule has 23 heavy (non-hydrogen) atoms. The van der Waals surface area contributed by atoms with Crippen LogP contribution in [0.4, 0.5) is 0 Å². The van der Waals surface area contributed by atoms with E-state index in [4.69, 9.17) is 34.8 Å². The van der Waals surface area contributed by atoms with Crippen LogP contribution in [-0.2, 0) is 16.1 Å². The first-order valence-electron chi connectivity index (χ1n) is 6.59. The third-order valence-electron chi connectivity index (χ3n) is 3.38. The Bertz CT molecular complexity index is 834. The van der Waals surface area contributed by atoms with Crippen molar-refractivity contribution in [2.24, 2.45) is 0 Å². The van der Waals surface area contributed by atoms with Crippen molar-refractivity contribution < 1.29 is 9.59 Å². The number of aromatic nitrogens is 1. The highest BCUT2D eigenvalue weighted by Gasteiger charge is 2.38. The van der Waals surface area contributed by atoms with Gasteiger partial charge in [0.15, 0.2) is 0 Å². The molecule has 2 aromatic rings. The summed E-state index contributed by atoms with van der Waals surface area (Å²) in [4.78, 5) is 30.0. The van der Waals surface area contributed by atoms with E-state index in [2.05, 4.69) is 4.98 Å². The number of imide groups is 1. The predicted molar refractivity (Wildman–Crippen MR) is 89.0 cm³/mol. The van der Waals surface area contributed by atoms with Crippen LogP contribution in [0.5, 0.6) is 0 Å². The fraction of sp³-hybridized carbons (Fsp3) is 0.0625. The van der Waals surface area contributed by atoms with E-state index in [1.54, 1.807) is 36.7 Å². The molecule has 0 N–H and O–H groups in total. The van der Waals surface area contributed by atoms with E-state index in [1.165, 1.54) is 6.07 Å². The van der Waals surface area contributed by atoms with Gasteiger partial charge in [-0.25, -0.2) is 0 Å². The van der Waals surface area contributed by atoms with Crippen molar-refractivity contribution in [2.75, 3.05) is 0 Å². The Labute approximate surface area is 147 Å². The van der Waals surface area contributed by atoms with Gasteiger partial charge in [-0.3, -0.25) is 19.5 Å². The molecule has 3 rings (SSSR count). The zero-order valence-electron chi connectivity index (χ0n) is 11.6. The van der Waals surface area contributed by atoms with Gasteiger partial charge >= 0.3 is 0 Å². The average molecular weight is 368 g/mol. The van der Waals surface area contributed by atoms with Crippen LogP contribution in [0.3, 0.4) is 0 Å². The molecule has 1 aliphatic rings. The molecule has 0 saturated carbocycles. The van der Waals surface area contributed by atoms with Gasteiger partial charge in [-0.05, 0) is 23.8 Å². The lowest BCUT2D eigenvalue weighted by Gasteiger charge is -2.14. The lowest BCUT2D eigenvalue weighted by atomic mass is 10.1. The lowest BCUT2D eigenvalue weighted by molar-refractivity contribution is -0.137. The number of amides is 2. The summed E-state index contributed by atoms with van der Waals surface area (Å²) < 4.78 is 0. The first-order chi connectivity index (χ1) is 11.0. The molecule has 0 aliphatic carbocycles. The molecule has 7 heteroatoms. The van der Waals surface area contributed by atoms with Crippen LogP contribution in [0.25, 0.3) is 5.57 Å². The number of benzene rings is 1. The third-order valence-corrected chi connectivity index (χ3v) is 4.27. The molecule has 1 aliphatic heterocycles. The SMILES string of the molecule is O=C1C(Cl)=C(c2ccc(Cl)cc2Cl)C(=O)N1Cc1cccnc1. The van der Waals surface area contributed by atoms with Gasteiger partial charge in [0.05, 0.1) is 17.1 Å². The van der Waals surface area contributed by atoms with Crippen LogP contribution in [0, 0.1) is 0 Å². The van der Waals surface area contributed by atoms with Gasteiger partial charge in [-0.15, -0.1) is 0 Å². The molecule has 0 saturated heterocycles. The molecule has 1 aromatic heterocycles. The summed E-state index contributed by atoms with van der Waals surface area (Å²) in [5, 5.41) is 0.539. The Hall–Kier alpha value is -1.88. The number of nitrogens with zero attached hydrogens (tertiary/aromatic N) is 2. The number of hydrogen-bond donors (Lipinski definition) is 0. The number of rotatable bonds is 3. The molecule has 1 aromatic carbocycles. The predicted octanol–water partition coefficient (Wildman–Crippen LogP) is 3.91. The fourth-order valence-electron chi connectivity index (χ4n) is 2.29. The summed E-state index contributed by atoms with van der Waals surface area (Å²) in [5.74, 6) is -1.05. The van der Waals surface area contributed by atoms with Crippen molar-refractivity contribution in [1.29, 1.82) is 0 Å². The van der Waals surface area contributed by atoms with Crippen LogP contribution in [0.15, 0.2) is 47.8 Å². The minimum absolute atomic E-state index is 0.0854. The number of carbonyl (C=O) groups excluding carboxylic acids is 2. The van der Waals surface area contributed by atoms with Crippen LogP contribution in [0.1, 0.15) is 11.1 Å². The number of hydrogen-bond acceptors (Lipinski definition) is 3. The van der Waals surface area contributed by atoms with Gasteiger partial charge in [0.2, 0.25) is 0 Å². The molecule has 2 heterocycles. The van der Waals surface area contributed by atoms with Crippen LogP contribution >= 0.6 is 34.8 Å². The minimum Gasteiger partial charge on any atom is -0.269 e. The second kappa shape index (κ2) is 6.32. The maximum Gasteiger partial charge on any atom is 0.273 e. The van der Waals surface area contributed by atoms with Gasteiger partial charge in [0.25, 0.3) is 11.8 Å². The quantitative estimate of drug-likeness (QED) is 0.773. The molecule has 0 fully saturated rings. The highest BCUT2D eigenvalue weighted by Crippen LogP contribution is 2.36. The summed E-state index contributed by atoms with van der Waals surface area (Å²) >= 11 is 18.1. The minimum atomic E-state index is -0.554. The lowest BCUT2D eigenvalue weighted by Crippen LogP contribution is -2.30. The Kier molecular flexibility index (Phi) is 4.39. The van der Waals surface area contributed by atoms with Crippen molar-refractivity contribution in [1.82, 2.24) is 9.88 Å². The topological polar surface area (TPSA) is 50.3 Å². The van der Waals surface area contributed by atoms with Crippen LogP contribution in [-0.4, -0.2) is 21.7 Å². The molecular weight excluding hydrogens is 359 g/mol. The van der Waals surface area contributed by atoms with E-state index in [0.29, 0.717) is 10.6 Å². The second-order valence-corrected chi connectivity index (χ2v) is 6.09. The Morgan fingerprint density at radius 3 is 2.48 bits per heavy atom. The van der Waals surface area contributed by atoms with Crippen LogP contribution < -0.4 is 0 Å². The van der Waals surface area contributed by atoms with Crippen LogP contribution in [0.2, 0.25) is 10.0 Å². The summed E-state index contributed by atoms with van der Waals surface area (Å²) in [7, 11) is 0. The summed E-state index contributed by atoms with van der Waals surface area (Å²) in [5.41, 5.74) is 1.19. The molecule has 0 unspecified atom stereocenters. The molecule has 2 amide bonds. The Balaban J connectivity index is 1.96. The van der Waals surface area contributed by atoms with E-state index in [0.717, 1.165) is 10.5 Å². The Morgan fingerprint density at radius 2 is 1.83 bits per heavy atom. The summed E-state index contributed by atoms with van der Waals surface area (Å²) in [6.07, 6.45) is 3.20. The zero-order valence-corrected chi connectivity index (χ0v) is 13.9. The van der Waals surface area contributed by atoms with Crippen molar-refractivity contribution in [3.63, 3.8) is 0 Å². The van der Waals surface area contributed by atoms with E-state index in [-0.39, 0.29) is 22.2 Å². The van der Waals surface area contributed by atoms with E-state index in [9.17, 15) is 9.59 Å². The highest BCUT2D eigenvalue weighted by molar-refractivity contribution is 6.55. The zero-order chi connectivity index (χ0) is 16.6. The first-order valence-corrected chi connectivity index (χ1v) is 7.72. The van der Waals surface area contributed by atoms with Crippen molar-refractivity contribution in [2.45, 2.75) is 6.54 Å². The average Bonchev–Trinajstić information content (AvgIpc) is 2.73. The van der Waals surface area contributed by atoms with Crippen molar-refractivity contribution in [3.05, 3.63) is 68.9 Å². The highest BCUT2D eigenvalue weighted by atomic mass is 35.5. The van der Waals surface area contributed by atoms with Crippen molar-refractivity contribution in [3.8, 4) is 0 Å². The summed E-state index contributed by atoms with van der Waals surface area (Å²) in [6, 6.07) is 8.15. The number of carbonyl (C=O) groups is 2. The summed E-state index contributed by atoms with van der Waals surface area (Å²) in [6.45, 7) is 0.0937. The van der Waals surface area contributed by atoms with E-state index >= 15 is 0 Å². The van der Waals surface area contributed by atoms with Crippen molar-refractivity contribution >= 4 is 52.2 Å². The van der Waals surface area contributed by atoms with Gasteiger partial charge < -0.3 is 0 Å². The molecular formula is C16H9Cl3N2O2. The van der Waals surface area contributed by atoms with Gasteiger partial charge in [-0.1, -0.05) is 46.9 Å². The molecule has 0 atom stereocenters. The molecule has 0 bridgehead atoms. The Morgan fingerprint density at radius 1 is 1.04 bits per heavy atom. The number of pyridine rings is 1. The monoisotopic (exact) mass is 366 g/mol. The molecule has 4 nitrogen and oxygen atoms in total. The maximum absolute atomic E-state index is 12.6. The second-order valence-electron chi connectivity index (χ2n) is 4.87. The van der Waals surface area contributed by atoms with Gasteiger partial charge in [-0.2, -0.15) is 0 Å². The van der Waals surface area contributed by atoms with Gasteiger partial charge in [0, 0.05) is 23.0 Å². The fourth-order valence-corrected chi connectivity index (χ4v) is 3.08. The standard InChI is InChI=1S/C16H9Cl3N2O2/c17-10-3-4-11(12(18)6-10)13-14(19)16(23)21(15(13)22)8-9-2-1-5-20-7-9/h1-7H,8H2. The third kappa shape index (κ3) is 2.98. The van der Waals surface area contributed by atoms with E-state index in [1.807, 2.05) is 0 Å². The molecule has 116 valence electrons.